The summed E-state index contributed by atoms with van der Waals surface area (Å²) in [5.41, 5.74) is 0. The molecule has 0 aliphatic rings. The van der Waals surface area contributed by atoms with Crippen LogP contribution < -0.4 is 5.84 Å². The maximum absolute atomic E-state index is 5.78. The second-order valence-electron chi connectivity index (χ2n) is 2.52. The molecule has 0 saturated carbocycles. The van der Waals surface area contributed by atoms with E-state index in [2.05, 4.69) is 10.2 Å². The van der Waals surface area contributed by atoms with Crippen LogP contribution in [0.5, 0.6) is 0 Å². The largest absolute Gasteiger partial charge is 0.336 e. The Morgan fingerprint density at radius 3 is 1.67 bits per heavy atom. The van der Waals surface area contributed by atoms with Crippen molar-refractivity contribution in [2.45, 2.75) is 24.6 Å². The highest BCUT2D eigenvalue weighted by Gasteiger charge is 2.16. The van der Waals surface area contributed by atoms with Gasteiger partial charge in [-0.15, -0.1) is 33.4 Å². The fraction of sp³-hybridized carbons (Fsp3) is 0.667. The van der Waals surface area contributed by atoms with E-state index >= 15 is 0 Å². The van der Waals surface area contributed by atoms with E-state index in [4.69, 9.17) is 29.0 Å². The molecule has 68 valence electrons. The van der Waals surface area contributed by atoms with E-state index in [1.807, 2.05) is 0 Å². The van der Waals surface area contributed by atoms with Crippen LogP contribution in [0.4, 0.5) is 0 Å². The second-order valence-corrected chi connectivity index (χ2v) is 3.83. The van der Waals surface area contributed by atoms with Gasteiger partial charge in [-0.3, -0.25) is 0 Å². The van der Waals surface area contributed by atoms with Gasteiger partial charge in [0.15, 0.2) is 11.6 Å². The molecule has 0 fully saturated rings. The lowest BCUT2D eigenvalue weighted by Crippen LogP contribution is -2.16. The van der Waals surface area contributed by atoms with Crippen LogP contribution in [0.1, 0.15) is 36.3 Å². The summed E-state index contributed by atoms with van der Waals surface area (Å²) in [5.74, 6) is 6.68. The minimum atomic E-state index is -0.258. The molecule has 4 nitrogen and oxygen atoms in total. The Kier molecular flexibility index (Phi) is 2.80. The smallest absolute Gasteiger partial charge is 0.169 e. The van der Waals surface area contributed by atoms with Gasteiger partial charge in [0, 0.05) is 0 Å². The zero-order valence-corrected chi connectivity index (χ0v) is 8.34. The van der Waals surface area contributed by atoms with Crippen molar-refractivity contribution in [3.63, 3.8) is 0 Å². The number of rotatable bonds is 2. The molecule has 1 aromatic rings. The monoisotopic (exact) mass is 208 g/mol. The fourth-order valence-corrected chi connectivity index (χ4v) is 1.16. The predicted molar refractivity (Wildman–Crippen MR) is 48.7 cm³/mol. The Morgan fingerprint density at radius 2 is 1.50 bits per heavy atom. The molecule has 2 atom stereocenters. The molecule has 0 radical (unpaired) electrons. The number of hydrogen-bond acceptors (Lipinski definition) is 3. The van der Waals surface area contributed by atoms with E-state index in [0.29, 0.717) is 11.6 Å². The summed E-state index contributed by atoms with van der Waals surface area (Å²) in [4.78, 5) is 0. The van der Waals surface area contributed by atoms with E-state index in [1.54, 1.807) is 13.8 Å². The predicted octanol–water partition coefficient (Wildman–Crippen LogP) is 1.59. The molecule has 1 aromatic heterocycles. The number of halogens is 2. The summed E-state index contributed by atoms with van der Waals surface area (Å²) in [6, 6.07) is 0. The van der Waals surface area contributed by atoms with Gasteiger partial charge in [-0.2, -0.15) is 0 Å². The van der Waals surface area contributed by atoms with Gasteiger partial charge >= 0.3 is 0 Å². The maximum atomic E-state index is 5.78. The van der Waals surface area contributed by atoms with Crippen LogP contribution in [-0.2, 0) is 0 Å². The first-order valence-electron chi connectivity index (χ1n) is 3.52. The summed E-state index contributed by atoms with van der Waals surface area (Å²) in [6.45, 7) is 3.55. The van der Waals surface area contributed by atoms with E-state index < -0.39 is 0 Å². The molecule has 0 aliphatic carbocycles. The van der Waals surface area contributed by atoms with Gasteiger partial charge in [0.2, 0.25) is 0 Å². The van der Waals surface area contributed by atoms with Crippen LogP contribution in [0.2, 0.25) is 0 Å². The van der Waals surface area contributed by atoms with Crippen LogP contribution in [-0.4, -0.2) is 14.9 Å². The molecule has 0 aromatic carbocycles. The van der Waals surface area contributed by atoms with E-state index in [-0.39, 0.29) is 10.8 Å². The van der Waals surface area contributed by atoms with E-state index in [1.165, 1.54) is 4.68 Å². The zero-order chi connectivity index (χ0) is 9.30. The number of alkyl halides is 2. The first kappa shape index (κ1) is 9.61. The average Bonchev–Trinajstić information content (AvgIpc) is 2.30. The topological polar surface area (TPSA) is 56.7 Å². The molecular formula is C6H10Cl2N4. The van der Waals surface area contributed by atoms with Gasteiger partial charge in [-0.25, -0.2) is 4.68 Å². The van der Waals surface area contributed by atoms with Crippen molar-refractivity contribution < 1.29 is 0 Å². The molecule has 1 heterocycles. The molecule has 0 aliphatic heterocycles. The Hall–Kier alpha value is -0.480. The first-order chi connectivity index (χ1) is 5.54. The molecule has 0 spiro atoms. The quantitative estimate of drug-likeness (QED) is 0.594. The molecule has 0 unspecified atom stereocenters. The summed E-state index contributed by atoms with van der Waals surface area (Å²) >= 11 is 11.6. The summed E-state index contributed by atoms with van der Waals surface area (Å²) in [7, 11) is 0. The molecule has 0 bridgehead atoms. The lowest BCUT2D eigenvalue weighted by atomic mass is 10.4. The van der Waals surface area contributed by atoms with Gasteiger partial charge in [0.05, 0.1) is 10.8 Å². The lowest BCUT2D eigenvalue weighted by Gasteiger charge is -2.05. The Balaban J connectivity index is 3.04. The van der Waals surface area contributed by atoms with Crippen molar-refractivity contribution in [2.24, 2.45) is 0 Å². The summed E-state index contributed by atoms with van der Waals surface area (Å²) in [6.07, 6.45) is 0. The SMILES string of the molecule is C[C@H](Cl)c1nnc([C@H](C)Cl)n1N. The third kappa shape index (κ3) is 1.64. The Bertz CT molecular complexity index is 243. The average molecular weight is 209 g/mol. The molecule has 0 amide bonds. The van der Waals surface area contributed by atoms with Crippen molar-refractivity contribution >= 4 is 23.2 Å². The number of nitrogens with zero attached hydrogens (tertiary/aromatic N) is 3. The standard InChI is InChI=1S/C6H10Cl2N4/c1-3(7)5-10-11-6(4(2)8)12(5)9/h3-4H,9H2,1-2H3/t3-,4-/m0/s1. The van der Waals surface area contributed by atoms with E-state index in [0.717, 1.165) is 0 Å². The molecule has 1 rings (SSSR count). The van der Waals surface area contributed by atoms with Crippen LogP contribution >= 0.6 is 23.2 Å². The third-order valence-electron chi connectivity index (χ3n) is 1.46. The van der Waals surface area contributed by atoms with Crippen molar-refractivity contribution in [3.05, 3.63) is 11.6 Å². The Labute approximate surface area is 80.6 Å². The van der Waals surface area contributed by atoms with Crippen molar-refractivity contribution in [1.29, 1.82) is 0 Å². The molecule has 2 N–H and O–H groups in total. The summed E-state index contributed by atoms with van der Waals surface area (Å²) < 4.78 is 1.33. The highest BCUT2D eigenvalue weighted by Crippen LogP contribution is 2.21. The van der Waals surface area contributed by atoms with Gasteiger partial charge in [-0.05, 0) is 13.8 Å². The van der Waals surface area contributed by atoms with Crippen molar-refractivity contribution in [3.8, 4) is 0 Å². The molecule has 6 heteroatoms. The summed E-state index contributed by atoms with van der Waals surface area (Å²) in [5, 5.41) is 7.10. The third-order valence-corrected chi connectivity index (χ3v) is 1.85. The second kappa shape index (κ2) is 3.49. The minimum absolute atomic E-state index is 0.258. The minimum Gasteiger partial charge on any atom is -0.336 e. The first-order valence-corrected chi connectivity index (χ1v) is 4.39. The number of nitrogens with two attached hydrogens (primary N) is 1. The molecule has 0 saturated heterocycles. The van der Waals surface area contributed by atoms with Crippen molar-refractivity contribution in [2.75, 3.05) is 5.84 Å². The van der Waals surface area contributed by atoms with Crippen LogP contribution in [0.3, 0.4) is 0 Å². The van der Waals surface area contributed by atoms with Gasteiger partial charge in [0.25, 0.3) is 0 Å². The van der Waals surface area contributed by atoms with Crippen molar-refractivity contribution in [1.82, 2.24) is 14.9 Å². The highest BCUT2D eigenvalue weighted by molar-refractivity contribution is 6.20. The molecular weight excluding hydrogens is 199 g/mol. The molecule has 12 heavy (non-hydrogen) atoms. The van der Waals surface area contributed by atoms with Gasteiger partial charge in [0.1, 0.15) is 0 Å². The van der Waals surface area contributed by atoms with Crippen LogP contribution in [0, 0.1) is 0 Å². The Morgan fingerprint density at radius 1 is 1.17 bits per heavy atom. The highest BCUT2D eigenvalue weighted by atomic mass is 35.5. The van der Waals surface area contributed by atoms with E-state index in [9.17, 15) is 0 Å². The van der Waals surface area contributed by atoms with Gasteiger partial charge < -0.3 is 5.84 Å². The fourth-order valence-electron chi connectivity index (χ4n) is 0.859. The van der Waals surface area contributed by atoms with Gasteiger partial charge in [-0.1, -0.05) is 0 Å². The van der Waals surface area contributed by atoms with Crippen LogP contribution in [0.25, 0.3) is 0 Å². The number of nitrogen functional groups attached to an aromatic ring is 1. The number of hydrogen-bond donors (Lipinski definition) is 1. The normalized spacial score (nSPS) is 16.0. The zero-order valence-electron chi connectivity index (χ0n) is 6.83. The lowest BCUT2D eigenvalue weighted by molar-refractivity contribution is 0.787. The van der Waals surface area contributed by atoms with Crippen LogP contribution in [0.15, 0.2) is 0 Å². The number of aromatic nitrogens is 3. The maximum Gasteiger partial charge on any atom is 0.169 e.